The Morgan fingerprint density at radius 2 is 1.88 bits per heavy atom. The molecule has 1 unspecified atom stereocenters. The summed E-state index contributed by atoms with van der Waals surface area (Å²) in [5, 5.41) is 2.33. The summed E-state index contributed by atoms with van der Waals surface area (Å²) in [5.41, 5.74) is 3.51. The highest BCUT2D eigenvalue weighted by molar-refractivity contribution is 6.05. The molecule has 2 aliphatic heterocycles. The molecule has 0 radical (unpaired) electrons. The van der Waals surface area contributed by atoms with Crippen LogP contribution in [0.5, 0.6) is 5.75 Å². The van der Waals surface area contributed by atoms with Crippen LogP contribution in [-0.4, -0.2) is 38.2 Å². The number of carbonyl (C=O) groups is 3. The maximum atomic E-state index is 12.9. The van der Waals surface area contributed by atoms with Crippen molar-refractivity contribution in [3.8, 4) is 5.75 Å². The normalized spacial score (nSPS) is 17.8. The van der Waals surface area contributed by atoms with Gasteiger partial charge >= 0.3 is 0 Å². The van der Waals surface area contributed by atoms with Crippen LogP contribution >= 0.6 is 0 Å². The van der Waals surface area contributed by atoms with Crippen molar-refractivity contribution in [3.05, 3.63) is 82.9 Å². The van der Waals surface area contributed by atoms with Gasteiger partial charge in [0.1, 0.15) is 24.2 Å². The molecule has 1 saturated heterocycles. The summed E-state index contributed by atoms with van der Waals surface area (Å²) in [7, 11) is 0. The van der Waals surface area contributed by atoms with Gasteiger partial charge in [-0.1, -0.05) is 30.3 Å². The van der Waals surface area contributed by atoms with Gasteiger partial charge in [-0.3, -0.25) is 19.7 Å². The molecule has 3 amide bonds. The van der Waals surface area contributed by atoms with Gasteiger partial charge in [0, 0.05) is 36.5 Å². The zero-order valence-corrected chi connectivity index (χ0v) is 18.3. The van der Waals surface area contributed by atoms with Crippen LogP contribution in [-0.2, 0) is 29.3 Å². The molecule has 2 aromatic carbocycles. The van der Waals surface area contributed by atoms with Crippen molar-refractivity contribution in [2.45, 2.75) is 45.5 Å². The molecular formula is C25H24N4O4. The van der Waals surface area contributed by atoms with Crippen molar-refractivity contribution in [2.24, 2.45) is 0 Å². The van der Waals surface area contributed by atoms with E-state index in [0.717, 1.165) is 23.5 Å². The Labute approximate surface area is 191 Å². The summed E-state index contributed by atoms with van der Waals surface area (Å²) >= 11 is 0. The third-order valence-electron chi connectivity index (χ3n) is 6.23. The van der Waals surface area contributed by atoms with E-state index >= 15 is 0 Å². The van der Waals surface area contributed by atoms with Crippen LogP contribution in [0.4, 0.5) is 0 Å². The smallest absolute Gasteiger partial charge is 0.255 e. The fourth-order valence-corrected chi connectivity index (χ4v) is 4.36. The number of aromatic nitrogens is 2. The molecule has 0 saturated carbocycles. The zero-order valence-electron chi connectivity index (χ0n) is 18.3. The summed E-state index contributed by atoms with van der Waals surface area (Å²) < 4.78 is 8.17. The number of benzene rings is 2. The van der Waals surface area contributed by atoms with Crippen molar-refractivity contribution in [3.63, 3.8) is 0 Å². The van der Waals surface area contributed by atoms with Crippen LogP contribution in [0.15, 0.2) is 54.9 Å². The number of ether oxygens (including phenoxy) is 1. The lowest BCUT2D eigenvalue weighted by Crippen LogP contribution is -2.52. The lowest BCUT2D eigenvalue weighted by Gasteiger charge is -2.29. The van der Waals surface area contributed by atoms with Gasteiger partial charge < -0.3 is 14.2 Å². The number of carbonyl (C=O) groups excluding carboxylic acids is 3. The Hall–Kier alpha value is -3.94. The standard InChI is InChI=1S/C25H24N4O4/c1-16-26-11-12-28(16)13-17-5-7-18(8-6-17)15-33-22-4-2-3-19-20(22)14-29(25(19)32)21-9-10-23(30)27-24(21)31/h2-8,11-12,21H,9-10,13-15H2,1H3,(H,27,30,31). The van der Waals surface area contributed by atoms with Crippen molar-refractivity contribution in [1.82, 2.24) is 19.8 Å². The van der Waals surface area contributed by atoms with E-state index in [0.29, 0.717) is 30.9 Å². The monoisotopic (exact) mass is 444 g/mol. The number of piperidine rings is 1. The summed E-state index contributed by atoms with van der Waals surface area (Å²) in [6, 6.07) is 13.0. The van der Waals surface area contributed by atoms with Crippen LogP contribution in [0.3, 0.4) is 0 Å². The molecule has 33 heavy (non-hydrogen) atoms. The largest absolute Gasteiger partial charge is 0.489 e. The molecule has 3 aromatic rings. The van der Waals surface area contributed by atoms with Crippen molar-refractivity contribution >= 4 is 17.7 Å². The molecule has 0 bridgehead atoms. The van der Waals surface area contributed by atoms with Crippen LogP contribution in [0.1, 0.15) is 45.7 Å². The van der Waals surface area contributed by atoms with Crippen LogP contribution in [0.25, 0.3) is 0 Å². The number of hydrogen-bond acceptors (Lipinski definition) is 5. The van der Waals surface area contributed by atoms with E-state index in [9.17, 15) is 14.4 Å². The first kappa shape index (κ1) is 20.9. The molecule has 8 nitrogen and oxygen atoms in total. The zero-order chi connectivity index (χ0) is 22.9. The number of fused-ring (bicyclic) bond motifs is 1. The van der Waals surface area contributed by atoms with E-state index in [1.54, 1.807) is 18.3 Å². The molecule has 1 aromatic heterocycles. The third-order valence-corrected chi connectivity index (χ3v) is 6.23. The number of rotatable bonds is 6. The topological polar surface area (TPSA) is 93.5 Å². The maximum Gasteiger partial charge on any atom is 0.255 e. The van der Waals surface area contributed by atoms with Crippen LogP contribution in [0.2, 0.25) is 0 Å². The highest BCUT2D eigenvalue weighted by Crippen LogP contribution is 2.33. The predicted molar refractivity (Wildman–Crippen MR) is 119 cm³/mol. The molecular weight excluding hydrogens is 420 g/mol. The lowest BCUT2D eigenvalue weighted by molar-refractivity contribution is -0.136. The van der Waals surface area contributed by atoms with Gasteiger partial charge in [0.15, 0.2) is 0 Å². The second-order valence-electron chi connectivity index (χ2n) is 8.39. The van der Waals surface area contributed by atoms with E-state index < -0.39 is 11.9 Å². The first-order chi connectivity index (χ1) is 16.0. The number of nitrogens with zero attached hydrogens (tertiary/aromatic N) is 3. The van der Waals surface area contributed by atoms with E-state index in [1.807, 2.05) is 31.3 Å². The Kier molecular flexibility index (Phi) is 5.42. The van der Waals surface area contributed by atoms with Gasteiger partial charge in [0.05, 0.1) is 6.54 Å². The minimum atomic E-state index is -0.637. The number of hydrogen-bond donors (Lipinski definition) is 1. The SMILES string of the molecule is Cc1nccn1Cc1ccc(COc2cccc3c2CN(C2CCC(=O)NC2=O)C3=O)cc1. The van der Waals surface area contributed by atoms with Crippen LogP contribution in [0, 0.1) is 6.92 Å². The van der Waals surface area contributed by atoms with Crippen molar-refractivity contribution < 1.29 is 19.1 Å². The van der Waals surface area contributed by atoms with Gasteiger partial charge in [0.25, 0.3) is 5.91 Å². The maximum absolute atomic E-state index is 12.9. The number of imidazole rings is 1. The fraction of sp³-hybridized carbons (Fsp3) is 0.280. The molecule has 168 valence electrons. The minimum Gasteiger partial charge on any atom is -0.489 e. The minimum absolute atomic E-state index is 0.205. The van der Waals surface area contributed by atoms with Gasteiger partial charge in [0.2, 0.25) is 11.8 Å². The molecule has 5 rings (SSSR count). The summed E-state index contributed by atoms with van der Waals surface area (Å²) in [4.78, 5) is 42.5. The lowest BCUT2D eigenvalue weighted by atomic mass is 10.0. The number of amides is 3. The van der Waals surface area contributed by atoms with E-state index in [1.165, 1.54) is 10.5 Å². The van der Waals surface area contributed by atoms with Gasteiger partial charge in [-0.15, -0.1) is 0 Å². The molecule has 8 heteroatoms. The van der Waals surface area contributed by atoms with E-state index in [2.05, 4.69) is 27.0 Å². The average molecular weight is 444 g/mol. The second kappa shape index (κ2) is 8.54. The Morgan fingerprint density at radius 3 is 2.61 bits per heavy atom. The molecule has 3 heterocycles. The van der Waals surface area contributed by atoms with Gasteiger partial charge in [-0.2, -0.15) is 0 Å². The first-order valence-electron chi connectivity index (χ1n) is 10.9. The molecule has 0 spiro atoms. The molecule has 0 aliphatic carbocycles. The number of nitrogens with one attached hydrogen (secondary N) is 1. The number of imide groups is 1. The van der Waals surface area contributed by atoms with E-state index in [-0.39, 0.29) is 18.2 Å². The fourth-order valence-electron chi connectivity index (χ4n) is 4.36. The van der Waals surface area contributed by atoms with Crippen LogP contribution < -0.4 is 10.1 Å². The molecule has 1 fully saturated rings. The number of aryl methyl sites for hydroxylation is 1. The summed E-state index contributed by atoms with van der Waals surface area (Å²) in [6.07, 6.45) is 4.32. The highest BCUT2D eigenvalue weighted by atomic mass is 16.5. The van der Waals surface area contributed by atoms with E-state index in [4.69, 9.17) is 4.74 Å². The average Bonchev–Trinajstić information content (AvgIpc) is 3.36. The molecule has 1 atom stereocenters. The third kappa shape index (κ3) is 4.11. The Balaban J connectivity index is 1.26. The highest BCUT2D eigenvalue weighted by Gasteiger charge is 2.40. The first-order valence-corrected chi connectivity index (χ1v) is 10.9. The van der Waals surface area contributed by atoms with Crippen molar-refractivity contribution in [2.75, 3.05) is 0 Å². The van der Waals surface area contributed by atoms with Gasteiger partial charge in [-0.05, 0) is 36.6 Å². The van der Waals surface area contributed by atoms with Gasteiger partial charge in [-0.25, -0.2) is 4.98 Å². The predicted octanol–water partition coefficient (Wildman–Crippen LogP) is 2.58. The molecule has 1 N–H and O–H groups in total. The quantitative estimate of drug-likeness (QED) is 0.590. The summed E-state index contributed by atoms with van der Waals surface area (Å²) in [5.74, 6) is 0.690. The Bertz CT molecular complexity index is 1230. The Morgan fingerprint density at radius 1 is 1.09 bits per heavy atom. The van der Waals surface area contributed by atoms with Crippen molar-refractivity contribution in [1.29, 1.82) is 0 Å². The summed E-state index contributed by atoms with van der Waals surface area (Å²) in [6.45, 7) is 3.40. The second-order valence-corrected chi connectivity index (χ2v) is 8.39. The molecule has 2 aliphatic rings.